The summed E-state index contributed by atoms with van der Waals surface area (Å²) in [5.41, 5.74) is 0.887. The average molecular weight is 272 g/mol. The number of aromatic nitrogens is 2. The molecule has 0 fully saturated rings. The zero-order valence-corrected chi connectivity index (χ0v) is 10.4. The molecule has 2 aromatic heterocycles. The third kappa shape index (κ3) is 2.25. The molecule has 0 aliphatic heterocycles. The maximum Gasteiger partial charge on any atom is 0.339 e. The van der Waals surface area contributed by atoms with Crippen LogP contribution in [0.2, 0.25) is 0 Å². The lowest BCUT2D eigenvalue weighted by atomic mass is 10.2. The van der Waals surface area contributed by atoms with Crippen molar-refractivity contribution >= 4 is 27.5 Å². The Bertz CT molecular complexity index is 721. The number of fused-ring (bicyclic) bond motifs is 1. The SMILES string of the molecule is O=C(O)c1ccncc1Oc1nc2ccccc2s1. The van der Waals surface area contributed by atoms with Gasteiger partial charge in [0.25, 0.3) is 5.19 Å². The van der Waals surface area contributed by atoms with Crippen LogP contribution in [0.25, 0.3) is 10.2 Å². The van der Waals surface area contributed by atoms with E-state index in [1.807, 2.05) is 24.3 Å². The Kier molecular flexibility index (Phi) is 2.85. The number of pyridine rings is 1. The monoisotopic (exact) mass is 272 g/mol. The second kappa shape index (κ2) is 4.66. The highest BCUT2D eigenvalue weighted by Gasteiger charge is 2.13. The van der Waals surface area contributed by atoms with Gasteiger partial charge in [0.15, 0.2) is 5.75 Å². The number of nitrogens with zero attached hydrogens (tertiary/aromatic N) is 2. The van der Waals surface area contributed by atoms with Crippen LogP contribution in [0.3, 0.4) is 0 Å². The van der Waals surface area contributed by atoms with E-state index >= 15 is 0 Å². The number of para-hydroxylation sites is 1. The minimum Gasteiger partial charge on any atom is -0.478 e. The maximum atomic E-state index is 11.1. The van der Waals surface area contributed by atoms with E-state index in [9.17, 15) is 4.79 Å². The summed E-state index contributed by atoms with van der Waals surface area (Å²) in [4.78, 5) is 19.2. The molecule has 1 aromatic carbocycles. The number of benzene rings is 1. The molecule has 0 aliphatic carbocycles. The van der Waals surface area contributed by atoms with Crippen molar-refractivity contribution in [2.75, 3.05) is 0 Å². The number of thiazole rings is 1. The van der Waals surface area contributed by atoms with E-state index in [-0.39, 0.29) is 11.3 Å². The van der Waals surface area contributed by atoms with E-state index in [4.69, 9.17) is 9.84 Å². The van der Waals surface area contributed by atoms with Crippen LogP contribution in [-0.4, -0.2) is 21.0 Å². The minimum absolute atomic E-state index is 0.0641. The minimum atomic E-state index is -1.06. The predicted molar refractivity (Wildman–Crippen MR) is 70.9 cm³/mol. The summed E-state index contributed by atoms with van der Waals surface area (Å²) >= 11 is 1.36. The van der Waals surface area contributed by atoms with Gasteiger partial charge in [-0.2, -0.15) is 0 Å². The maximum absolute atomic E-state index is 11.1. The van der Waals surface area contributed by atoms with Crippen LogP contribution in [0.4, 0.5) is 0 Å². The summed E-state index contributed by atoms with van der Waals surface area (Å²) in [5, 5.41) is 9.46. The van der Waals surface area contributed by atoms with Crippen molar-refractivity contribution in [1.29, 1.82) is 0 Å². The molecule has 6 heteroatoms. The highest BCUT2D eigenvalue weighted by Crippen LogP contribution is 2.32. The van der Waals surface area contributed by atoms with Crippen molar-refractivity contribution in [3.8, 4) is 10.9 Å². The molecule has 19 heavy (non-hydrogen) atoms. The van der Waals surface area contributed by atoms with E-state index < -0.39 is 5.97 Å². The molecule has 0 spiro atoms. The third-order valence-corrected chi connectivity index (χ3v) is 3.40. The molecule has 0 amide bonds. The molecule has 0 atom stereocenters. The molecule has 0 aliphatic rings. The Balaban J connectivity index is 1.99. The highest BCUT2D eigenvalue weighted by atomic mass is 32.1. The van der Waals surface area contributed by atoms with Crippen molar-refractivity contribution in [2.45, 2.75) is 0 Å². The van der Waals surface area contributed by atoms with Crippen LogP contribution in [0.5, 0.6) is 10.9 Å². The van der Waals surface area contributed by atoms with Crippen LogP contribution in [0, 0.1) is 0 Å². The first-order chi connectivity index (χ1) is 9.24. The van der Waals surface area contributed by atoms with Crippen LogP contribution >= 0.6 is 11.3 Å². The summed E-state index contributed by atoms with van der Waals surface area (Å²) in [7, 11) is 0. The van der Waals surface area contributed by atoms with Crippen molar-refractivity contribution in [1.82, 2.24) is 9.97 Å². The Hall–Kier alpha value is -2.47. The fourth-order valence-electron chi connectivity index (χ4n) is 1.63. The van der Waals surface area contributed by atoms with Gasteiger partial charge in [0.2, 0.25) is 0 Å². The Morgan fingerprint density at radius 1 is 1.26 bits per heavy atom. The lowest BCUT2D eigenvalue weighted by molar-refractivity contribution is 0.0694. The van der Waals surface area contributed by atoms with E-state index in [1.54, 1.807) is 0 Å². The zero-order valence-electron chi connectivity index (χ0n) is 9.61. The third-order valence-electron chi connectivity index (χ3n) is 2.49. The van der Waals surface area contributed by atoms with E-state index in [2.05, 4.69) is 9.97 Å². The smallest absolute Gasteiger partial charge is 0.339 e. The molecule has 0 unspecified atom stereocenters. The molecule has 0 radical (unpaired) electrons. The first-order valence-corrected chi connectivity index (χ1v) is 6.26. The van der Waals surface area contributed by atoms with Crippen LogP contribution < -0.4 is 4.74 Å². The van der Waals surface area contributed by atoms with Crippen LogP contribution in [0.15, 0.2) is 42.7 Å². The summed E-state index contributed by atoms with van der Waals surface area (Å²) in [6.45, 7) is 0. The zero-order chi connectivity index (χ0) is 13.2. The van der Waals surface area contributed by atoms with Crippen LogP contribution in [-0.2, 0) is 0 Å². The van der Waals surface area contributed by atoms with Crippen LogP contribution in [0.1, 0.15) is 10.4 Å². The number of hydrogen-bond donors (Lipinski definition) is 1. The largest absolute Gasteiger partial charge is 0.478 e. The lowest BCUT2D eigenvalue weighted by Gasteiger charge is -2.03. The first-order valence-electron chi connectivity index (χ1n) is 5.45. The van der Waals surface area contributed by atoms with Gasteiger partial charge in [-0.25, -0.2) is 9.78 Å². The lowest BCUT2D eigenvalue weighted by Crippen LogP contribution is -2.00. The normalized spacial score (nSPS) is 10.5. The number of rotatable bonds is 3. The topological polar surface area (TPSA) is 72.3 Å². The second-order valence-corrected chi connectivity index (χ2v) is 4.72. The molecule has 5 nitrogen and oxygen atoms in total. The van der Waals surface area contributed by atoms with Gasteiger partial charge in [0.05, 0.1) is 16.4 Å². The molecule has 1 N–H and O–H groups in total. The van der Waals surface area contributed by atoms with Crippen molar-refractivity contribution in [3.63, 3.8) is 0 Å². The van der Waals surface area contributed by atoms with Gasteiger partial charge in [0.1, 0.15) is 5.56 Å². The van der Waals surface area contributed by atoms with Crippen molar-refractivity contribution in [2.24, 2.45) is 0 Å². The highest BCUT2D eigenvalue weighted by molar-refractivity contribution is 7.20. The van der Waals surface area contributed by atoms with Gasteiger partial charge in [-0.05, 0) is 18.2 Å². The second-order valence-electron chi connectivity index (χ2n) is 3.73. The number of carboxylic acids is 1. The molecule has 3 rings (SSSR count). The van der Waals surface area contributed by atoms with Gasteiger partial charge in [-0.15, -0.1) is 0 Å². The quantitative estimate of drug-likeness (QED) is 0.792. The van der Waals surface area contributed by atoms with E-state index in [0.717, 1.165) is 10.2 Å². The van der Waals surface area contributed by atoms with Gasteiger partial charge in [-0.3, -0.25) is 4.98 Å². The molecule has 0 saturated heterocycles. The first kappa shape index (κ1) is 11.6. The molecular weight excluding hydrogens is 264 g/mol. The molecule has 2 heterocycles. The van der Waals surface area contributed by atoms with Gasteiger partial charge < -0.3 is 9.84 Å². The fraction of sp³-hybridized carbons (Fsp3) is 0. The van der Waals surface area contributed by atoms with Crippen molar-refractivity contribution < 1.29 is 14.6 Å². The molecule has 3 aromatic rings. The summed E-state index contributed by atoms with van der Waals surface area (Å²) in [5.74, 6) is -0.868. The Morgan fingerprint density at radius 3 is 2.89 bits per heavy atom. The molecular formula is C13H8N2O3S. The standard InChI is InChI=1S/C13H8N2O3S/c16-12(17)8-5-6-14-7-10(8)18-13-15-9-3-1-2-4-11(9)19-13/h1-7H,(H,16,17). The Morgan fingerprint density at radius 2 is 2.11 bits per heavy atom. The predicted octanol–water partition coefficient (Wildman–Crippen LogP) is 3.18. The van der Waals surface area contributed by atoms with E-state index in [0.29, 0.717) is 5.19 Å². The van der Waals surface area contributed by atoms with Gasteiger partial charge in [0, 0.05) is 6.20 Å². The number of carbonyl (C=O) groups is 1. The number of ether oxygens (including phenoxy) is 1. The van der Waals surface area contributed by atoms with Gasteiger partial charge >= 0.3 is 5.97 Å². The summed E-state index contributed by atoms with van der Waals surface area (Å²) < 4.78 is 6.50. The molecule has 94 valence electrons. The Labute approximate surface area is 112 Å². The molecule has 0 saturated carbocycles. The number of carboxylic acid groups (broad SMARTS) is 1. The van der Waals surface area contributed by atoms with Gasteiger partial charge in [-0.1, -0.05) is 23.5 Å². The number of aromatic carboxylic acids is 1. The summed E-state index contributed by atoms with van der Waals surface area (Å²) in [6, 6.07) is 9.00. The average Bonchev–Trinajstić information content (AvgIpc) is 2.81. The van der Waals surface area contributed by atoms with Crippen molar-refractivity contribution in [3.05, 3.63) is 48.3 Å². The molecule has 0 bridgehead atoms. The van der Waals surface area contributed by atoms with E-state index in [1.165, 1.54) is 29.8 Å². The number of hydrogen-bond acceptors (Lipinski definition) is 5. The summed E-state index contributed by atoms with van der Waals surface area (Å²) in [6.07, 6.45) is 2.78. The fourth-order valence-corrected chi connectivity index (χ4v) is 2.46.